The van der Waals surface area contributed by atoms with E-state index in [1.165, 1.54) is 19.3 Å². The molecule has 0 radical (unpaired) electrons. The average Bonchev–Trinajstić information content (AvgIpc) is 2.56. The Morgan fingerprint density at radius 2 is 2.33 bits per heavy atom. The predicted octanol–water partition coefficient (Wildman–Crippen LogP) is 2.98. The molecule has 0 saturated heterocycles. The Labute approximate surface area is 92.2 Å². The van der Waals surface area contributed by atoms with Crippen molar-refractivity contribution in [3.05, 3.63) is 24.5 Å². The van der Waals surface area contributed by atoms with Crippen LogP contribution in [0, 0.1) is 6.92 Å². The molecule has 1 heterocycles. The lowest BCUT2D eigenvalue weighted by atomic mass is 10.2. The lowest BCUT2D eigenvalue weighted by Gasteiger charge is -2.07. The quantitative estimate of drug-likeness (QED) is 0.550. The third kappa shape index (κ3) is 3.78. The van der Waals surface area contributed by atoms with Crippen molar-refractivity contribution in [2.45, 2.75) is 39.7 Å². The molecule has 0 aliphatic rings. The van der Waals surface area contributed by atoms with Gasteiger partial charge in [-0.3, -0.25) is 0 Å². The number of aromatic nitrogens is 2. The minimum atomic E-state index is 0.768. The molecule has 0 spiro atoms. The molecule has 0 amide bonds. The van der Waals surface area contributed by atoms with Gasteiger partial charge in [0, 0.05) is 19.3 Å². The van der Waals surface area contributed by atoms with Crippen molar-refractivity contribution in [2.75, 3.05) is 11.9 Å². The van der Waals surface area contributed by atoms with Crippen molar-refractivity contribution in [1.29, 1.82) is 0 Å². The molecule has 0 atom stereocenters. The molecule has 0 unspecified atom stereocenters. The molecule has 3 heteroatoms. The molecular formula is C12H21N3. The van der Waals surface area contributed by atoms with Gasteiger partial charge in [0.05, 0.1) is 5.69 Å². The van der Waals surface area contributed by atoms with Crippen LogP contribution < -0.4 is 5.32 Å². The Balaban J connectivity index is 2.55. The van der Waals surface area contributed by atoms with E-state index in [4.69, 9.17) is 0 Å². The fourth-order valence-corrected chi connectivity index (χ4v) is 1.55. The third-order valence-electron chi connectivity index (χ3n) is 2.30. The Hall–Kier alpha value is -1.25. The summed E-state index contributed by atoms with van der Waals surface area (Å²) < 4.78 is 2.19. The van der Waals surface area contributed by atoms with E-state index in [9.17, 15) is 0 Å². The summed E-state index contributed by atoms with van der Waals surface area (Å²) in [6.45, 7) is 9.75. The van der Waals surface area contributed by atoms with Gasteiger partial charge in [0.2, 0.25) is 5.95 Å². The molecule has 84 valence electrons. The minimum Gasteiger partial charge on any atom is -0.352 e. The van der Waals surface area contributed by atoms with E-state index in [0.29, 0.717) is 0 Å². The largest absolute Gasteiger partial charge is 0.352 e. The molecule has 0 aliphatic carbocycles. The van der Waals surface area contributed by atoms with Crippen LogP contribution in [0.15, 0.2) is 18.9 Å². The molecular weight excluding hydrogens is 186 g/mol. The van der Waals surface area contributed by atoms with Gasteiger partial charge in [0.1, 0.15) is 0 Å². The molecule has 3 nitrogen and oxygen atoms in total. The molecule has 1 rings (SSSR count). The zero-order valence-electron chi connectivity index (χ0n) is 9.79. The maximum absolute atomic E-state index is 4.43. The first-order valence-corrected chi connectivity index (χ1v) is 5.66. The minimum absolute atomic E-state index is 0.768. The number of hydrogen-bond donors (Lipinski definition) is 1. The van der Waals surface area contributed by atoms with Crippen molar-refractivity contribution >= 4 is 5.95 Å². The summed E-state index contributed by atoms with van der Waals surface area (Å²) >= 11 is 0. The molecule has 0 bridgehead atoms. The summed E-state index contributed by atoms with van der Waals surface area (Å²) in [6.07, 6.45) is 7.69. The van der Waals surface area contributed by atoms with E-state index in [1.807, 2.05) is 13.0 Å². The van der Waals surface area contributed by atoms with Gasteiger partial charge in [-0.15, -0.1) is 6.58 Å². The summed E-state index contributed by atoms with van der Waals surface area (Å²) in [5.41, 5.74) is 1.07. The van der Waals surface area contributed by atoms with Crippen LogP contribution in [0.2, 0.25) is 0 Å². The smallest absolute Gasteiger partial charge is 0.203 e. The topological polar surface area (TPSA) is 29.9 Å². The van der Waals surface area contributed by atoms with Gasteiger partial charge in [0.25, 0.3) is 0 Å². The molecule has 15 heavy (non-hydrogen) atoms. The van der Waals surface area contributed by atoms with Gasteiger partial charge in [0.15, 0.2) is 0 Å². The second-order valence-corrected chi connectivity index (χ2v) is 3.78. The SMILES string of the molecule is C=CCNc1nc(C)cn1CCCCC. The molecule has 0 aromatic carbocycles. The number of nitrogens with one attached hydrogen (secondary N) is 1. The standard InChI is InChI=1S/C12H21N3/c1-4-6-7-9-15-10-11(3)14-12(15)13-8-5-2/h5,10H,2,4,6-9H2,1,3H3,(H,13,14). The van der Waals surface area contributed by atoms with Gasteiger partial charge in [-0.05, 0) is 13.3 Å². The van der Waals surface area contributed by atoms with Crippen molar-refractivity contribution < 1.29 is 0 Å². The zero-order chi connectivity index (χ0) is 11.1. The number of rotatable bonds is 7. The van der Waals surface area contributed by atoms with E-state index in [0.717, 1.165) is 24.7 Å². The number of unbranched alkanes of at least 4 members (excludes halogenated alkanes) is 2. The Bertz CT molecular complexity index is 302. The highest BCUT2D eigenvalue weighted by Gasteiger charge is 2.03. The Morgan fingerprint density at radius 1 is 1.53 bits per heavy atom. The summed E-state index contributed by atoms with van der Waals surface area (Å²) in [6, 6.07) is 0. The Morgan fingerprint density at radius 3 is 3.00 bits per heavy atom. The Kier molecular flexibility index (Phi) is 4.95. The first-order chi connectivity index (χ1) is 7.27. The van der Waals surface area contributed by atoms with E-state index >= 15 is 0 Å². The van der Waals surface area contributed by atoms with Crippen molar-refractivity contribution in [3.8, 4) is 0 Å². The van der Waals surface area contributed by atoms with Gasteiger partial charge in [-0.25, -0.2) is 4.98 Å². The van der Waals surface area contributed by atoms with Gasteiger partial charge >= 0.3 is 0 Å². The normalized spacial score (nSPS) is 10.3. The lowest BCUT2D eigenvalue weighted by Crippen LogP contribution is -2.07. The highest BCUT2D eigenvalue weighted by Crippen LogP contribution is 2.10. The van der Waals surface area contributed by atoms with Gasteiger partial charge < -0.3 is 9.88 Å². The van der Waals surface area contributed by atoms with Crippen LogP contribution in [-0.4, -0.2) is 16.1 Å². The van der Waals surface area contributed by atoms with Crippen LogP contribution in [0.3, 0.4) is 0 Å². The van der Waals surface area contributed by atoms with E-state index in [1.54, 1.807) is 0 Å². The highest BCUT2D eigenvalue weighted by molar-refractivity contribution is 5.29. The number of aryl methyl sites for hydroxylation is 2. The van der Waals surface area contributed by atoms with E-state index < -0.39 is 0 Å². The second kappa shape index (κ2) is 6.27. The number of hydrogen-bond acceptors (Lipinski definition) is 2. The van der Waals surface area contributed by atoms with E-state index in [2.05, 4.69) is 34.6 Å². The second-order valence-electron chi connectivity index (χ2n) is 3.78. The third-order valence-corrected chi connectivity index (χ3v) is 2.30. The maximum atomic E-state index is 4.43. The monoisotopic (exact) mass is 207 g/mol. The number of imidazole rings is 1. The van der Waals surface area contributed by atoms with Crippen LogP contribution in [0.4, 0.5) is 5.95 Å². The molecule has 0 saturated carbocycles. The molecule has 1 aromatic rings. The van der Waals surface area contributed by atoms with Gasteiger partial charge in [-0.2, -0.15) is 0 Å². The van der Waals surface area contributed by atoms with Crippen LogP contribution >= 0.6 is 0 Å². The van der Waals surface area contributed by atoms with Crippen LogP contribution in [-0.2, 0) is 6.54 Å². The average molecular weight is 207 g/mol. The molecule has 0 aliphatic heterocycles. The summed E-state index contributed by atoms with van der Waals surface area (Å²) in [5, 5.41) is 3.24. The maximum Gasteiger partial charge on any atom is 0.203 e. The van der Waals surface area contributed by atoms with E-state index in [-0.39, 0.29) is 0 Å². The fourth-order valence-electron chi connectivity index (χ4n) is 1.55. The van der Waals surface area contributed by atoms with Gasteiger partial charge in [-0.1, -0.05) is 25.8 Å². The van der Waals surface area contributed by atoms with Crippen LogP contribution in [0.25, 0.3) is 0 Å². The van der Waals surface area contributed by atoms with Crippen LogP contribution in [0.5, 0.6) is 0 Å². The highest BCUT2D eigenvalue weighted by atomic mass is 15.2. The first kappa shape index (κ1) is 11.8. The van der Waals surface area contributed by atoms with Crippen molar-refractivity contribution in [3.63, 3.8) is 0 Å². The number of nitrogens with zero attached hydrogens (tertiary/aromatic N) is 2. The zero-order valence-corrected chi connectivity index (χ0v) is 9.79. The first-order valence-electron chi connectivity index (χ1n) is 5.66. The predicted molar refractivity (Wildman–Crippen MR) is 65.2 cm³/mol. The summed E-state index contributed by atoms with van der Waals surface area (Å²) in [5.74, 6) is 0.962. The van der Waals surface area contributed by atoms with Crippen molar-refractivity contribution in [1.82, 2.24) is 9.55 Å². The van der Waals surface area contributed by atoms with Crippen molar-refractivity contribution in [2.24, 2.45) is 0 Å². The fraction of sp³-hybridized carbons (Fsp3) is 0.583. The summed E-state index contributed by atoms with van der Waals surface area (Å²) in [4.78, 5) is 4.43. The summed E-state index contributed by atoms with van der Waals surface area (Å²) in [7, 11) is 0. The lowest BCUT2D eigenvalue weighted by molar-refractivity contribution is 0.605. The van der Waals surface area contributed by atoms with Crippen LogP contribution in [0.1, 0.15) is 31.9 Å². The molecule has 0 fully saturated rings. The molecule has 1 N–H and O–H groups in total. The molecule has 1 aromatic heterocycles. The number of anilines is 1.